The molecule has 0 unspecified atom stereocenters. The van der Waals surface area contributed by atoms with E-state index < -0.39 is 14.3 Å². The fourth-order valence-electron chi connectivity index (χ4n) is 0.804. The van der Waals surface area contributed by atoms with E-state index in [9.17, 15) is 13.2 Å². The van der Waals surface area contributed by atoms with Crippen molar-refractivity contribution < 1.29 is 17.6 Å². The zero-order valence-electron chi connectivity index (χ0n) is 6.37. The van der Waals surface area contributed by atoms with Crippen LogP contribution in [0.4, 0.5) is 0 Å². The Morgan fingerprint density at radius 2 is 2.08 bits per heavy atom. The molecule has 7 heteroatoms. The molecule has 0 aliphatic carbocycles. The quantitative estimate of drug-likeness (QED) is 0.744. The molecule has 0 atom stereocenters. The summed E-state index contributed by atoms with van der Waals surface area (Å²) in [7, 11) is 1.16. The standard InChI is InChI=1S/C6H4Cl2O4S/c1-3-5(13(8,10)11)2-4(12-3)6(7)9/h2H,1H3. The van der Waals surface area contributed by atoms with Gasteiger partial charge >= 0.3 is 0 Å². The molecule has 0 radical (unpaired) electrons. The van der Waals surface area contributed by atoms with Crippen LogP contribution >= 0.6 is 22.3 Å². The van der Waals surface area contributed by atoms with E-state index in [0.717, 1.165) is 6.07 Å². The molecule has 0 aromatic carbocycles. The van der Waals surface area contributed by atoms with Gasteiger partial charge in [0.2, 0.25) is 0 Å². The third-order valence-corrected chi connectivity index (χ3v) is 2.94. The summed E-state index contributed by atoms with van der Waals surface area (Å²) in [6.07, 6.45) is 0. The maximum Gasteiger partial charge on any atom is 0.287 e. The average molecular weight is 243 g/mol. The highest BCUT2D eigenvalue weighted by Crippen LogP contribution is 2.24. The van der Waals surface area contributed by atoms with E-state index in [1.54, 1.807) is 0 Å². The Hall–Kier alpha value is -0.520. The van der Waals surface area contributed by atoms with Crippen molar-refractivity contribution in [3.8, 4) is 0 Å². The molecule has 0 aliphatic heterocycles. The van der Waals surface area contributed by atoms with Gasteiger partial charge in [0, 0.05) is 16.7 Å². The second kappa shape index (κ2) is 3.32. The van der Waals surface area contributed by atoms with Crippen LogP contribution in [0.2, 0.25) is 0 Å². The normalized spacial score (nSPS) is 11.6. The van der Waals surface area contributed by atoms with E-state index in [1.165, 1.54) is 6.92 Å². The maximum absolute atomic E-state index is 10.8. The van der Waals surface area contributed by atoms with Gasteiger partial charge < -0.3 is 4.42 Å². The van der Waals surface area contributed by atoms with Crippen LogP contribution in [-0.2, 0) is 9.05 Å². The van der Waals surface area contributed by atoms with Crippen molar-refractivity contribution in [1.29, 1.82) is 0 Å². The van der Waals surface area contributed by atoms with Crippen LogP contribution in [0.3, 0.4) is 0 Å². The number of carbonyl (C=O) groups excluding carboxylic acids is 1. The Bertz CT molecular complexity index is 445. The monoisotopic (exact) mass is 242 g/mol. The Morgan fingerprint density at radius 1 is 1.54 bits per heavy atom. The summed E-state index contributed by atoms with van der Waals surface area (Å²) in [5, 5.41) is -0.866. The first-order valence-electron chi connectivity index (χ1n) is 3.07. The molecule has 1 aromatic heterocycles. The predicted octanol–water partition coefficient (Wildman–Crippen LogP) is 1.89. The van der Waals surface area contributed by atoms with Gasteiger partial charge in [-0.3, -0.25) is 4.79 Å². The summed E-state index contributed by atoms with van der Waals surface area (Å²) in [5.74, 6) is -0.197. The molecule has 0 aliphatic rings. The van der Waals surface area contributed by atoms with E-state index in [4.69, 9.17) is 26.7 Å². The highest BCUT2D eigenvalue weighted by Gasteiger charge is 2.20. The summed E-state index contributed by atoms with van der Waals surface area (Å²) in [4.78, 5) is 10.3. The minimum absolute atomic E-state index is 0.0407. The van der Waals surface area contributed by atoms with Crippen molar-refractivity contribution in [3.05, 3.63) is 17.6 Å². The summed E-state index contributed by atoms with van der Waals surface area (Å²) in [6, 6.07) is 0.993. The molecule has 0 amide bonds. The summed E-state index contributed by atoms with van der Waals surface area (Å²) < 4.78 is 26.4. The molecular formula is C6H4Cl2O4S. The predicted molar refractivity (Wildman–Crippen MR) is 46.7 cm³/mol. The summed E-state index contributed by atoms with van der Waals surface area (Å²) in [6.45, 7) is 1.37. The summed E-state index contributed by atoms with van der Waals surface area (Å²) >= 11 is 5.07. The van der Waals surface area contributed by atoms with E-state index >= 15 is 0 Å². The van der Waals surface area contributed by atoms with Crippen LogP contribution in [-0.4, -0.2) is 13.7 Å². The van der Waals surface area contributed by atoms with Crippen molar-refractivity contribution in [1.82, 2.24) is 0 Å². The first-order valence-corrected chi connectivity index (χ1v) is 5.76. The molecule has 4 nitrogen and oxygen atoms in total. The number of hydrogen-bond donors (Lipinski definition) is 0. The highest BCUT2D eigenvalue weighted by atomic mass is 35.7. The minimum Gasteiger partial charge on any atom is -0.455 e. The number of rotatable bonds is 2. The fourth-order valence-corrected chi connectivity index (χ4v) is 1.99. The Balaban J connectivity index is 3.35. The number of carbonyl (C=O) groups is 1. The average Bonchev–Trinajstić information content (AvgIpc) is 2.29. The van der Waals surface area contributed by atoms with Crippen LogP contribution < -0.4 is 0 Å². The fraction of sp³-hybridized carbons (Fsp3) is 0.167. The van der Waals surface area contributed by atoms with Gasteiger partial charge in [-0.2, -0.15) is 0 Å². The first kappa shape index (κ1) is 10.6. The van der Waals surface area contributed by atoms with Crippen molar-refractivity contribution in [2.75, 3.05) is 0 Å². The van der Waals surface area contributed by atoms with E-state index in [2.05, 4.69) is 0 Å². The Labute approximate surface area is 83.9 Å². The maximum atomic E-state index is 10.8. The van der Waals surface area contributed by atoms with Crippen LogP contribution in [0.15, 0.2) is 15.4 Å². The number of furan rings is 1. The van der Waals surface area contributed by atoms with Crippen LogP contribution in [0.25, 0.3) is 0 Å². The third kappa shape index (κ3) is 2.24. The topological polar surface area (TPSA) is 64.3 Å². The first-order chi connectivity index (χ1) is 5.82. The van der Waals surface area contributed by atoms with Gasteiger partial charge in [-0.1, -0.05) is 0 Å². The molecule has 0 N–H and O–H groups in total. The molecule has 0 fully saturated rings. The zero-order valence-corrected chi connectivity index (χ0v) is 8.70. The Morgan fingerprint density at radius 3 is 2.31 bits per heavy atom. The van der Waals surface area contributed by atoms with E-state index in [0.29, 0.717) is 0 Å². The number of hydrogen-bond acceptors (Lipinski definition) is 4. The lowest BCUT2D eigenvalue weighted by atomic mass is 10.4. The second-order valence-electron chi connectivity index (χ2n) is 2.24. The van der Waals surface area contributed by atoms with E-state index in [-0.39, 0.29) is 16.4 Å². The summed E-state index contributed by atoms with van der Waals surface area (Å²) in [5.41, 5.74) is 0. The molecule has 0 saturated heterocycles. The number of aryl methyl sites for hydroxylation is 1. The molecule has 72 valence electrons. The smallest absolute Gasteiger partial charge is 0.287 e. The van der Waals surface area contributed by atoms with Gasteiger partial charge in [0.15, 0.2) is 5.76 Å². The van der Waals surface area contributed by atoms with Crippen LogP contribution in [0.5, 0.6) is 0 Å². The third-order valence-electron chi connectivity index (χ3n) is 1.33. The van der Waals surface area contributed by atoms with Gasteiger partial charge in [-0.15, -0.1) is 0 Å². The van der Waals surface area contributed by atoms with Crippen molar-refractivity contribution in [3.63, 3.8) is 0 Å². The molecular weight excluding hydrogens is 239 g/mol. The molecule has 1 heterocycles. The van der Waals surface area contributed by atoms with E-state index in [1.807, 2.05) is 0 Å². The molecule has 13 heavy (non-hydrogen) atoms. The Kier molecular flexibility index (Phi) is 2.70. The zero-order chi connectivity index (χ0) is 10.2. The SMILES string of the molecule is Cc1oc(C(=O)Cl)cc1S(=O)(=O)Cl. The van der Waals surface area contributed by atoms with Gasteiger partial charge in [0.05, 0.1) is 0 Å². The van der Waals surface area contributed by atoms with Crippen molar-refractivity contribution >= 4 is 36.6 Å². The lowest BCUT2D eigenvalue weighted by molar-refractivity contribution is 0.105. The number of halogens is 2. The van der Waals surface area contributed by atoms with Crippen molar-refractivity contribution in [2.45, 2.75) is 11.8 Å². The van der Waals surface area contributed by atoms with Crippen LogP contribution in [0, 0.1) is 6.92 Å². The lowest BCUT2D eigenvalue weighted by Crippen LogP contribution is -1.89. The molecule has 0 spiro atoms. The van der Waals surface area contributed by atoms with Gasteiger partial charge in [0.1, 0.15) is 10.7 Å². The lowest BCUT2D eigenvalue weighted by Gasteiger charge is -1.88. The highest BCUT2D eigenvalue weighted by molar-refractivity contribution is 8.13. The second-order valence-corrected chi connectivity index (χ2v) is 5.12. The van der Waals surface area contributed by atoms with Crippen molar-refractivity contribution in [2.24, 2.45) is 0 Å². The van der Waals surface area contributed by atoms with Crippen LogP contribution in [0.1, 0.15) is 16.3 Å². The molecule has 1 aromatic rings. The van der Waals surface area contributed by atoms with Gasteiger partial charge in [-0.05, 0) is 18.5 Å². The molecule has 1 rings (SSSR count). The molecule has 0 bridgehead atoms. The molecule has 0 saturated carbocycles. The van der Waals surface area contributed by atoms with Gasteiger partial charge in [0.25, 0.3) is 14.3 Å². The largest absolute Gasteiger partial charge is 0.455 e. The van der Waals surface area contributed by atoms with Gasteiger partial charge in [-0.25, -0.2) is 8.42 Å². The minimum atomic E-state index is -3.88.